The molecule has 2 rings (SSSR count). The highest BCUT2D eigenvalue weighted by molar-refractivity contribution is 6.30. The van der Waals surface area contributed by atoms with Crippen LogP contribution in [0.5, 0.6) is 0 Å². The van der Waals surface area contributed by atoms with E-state index in [0.29, 0.717) is 16.4 Å². The second-order valence-corrected chi connectivity index (χ2v) is 4.17. The molecule has 1 aromatic carbocycles. The van der Waals surface area contributed by atoms with E-state index in [1.807, 2.05) is 0 Å². The zero-order chi connectivity index (χ0) is 13.1. The van der Waals surface area contributed by atoms with Crippen LogP contribution in [0.3, 0.4) is 0 Å². The van der Waals surface area contributed by atoms with Crippen LogP contribution in [-0.4, -0.2) is 16.1 Å². The van der Waals surface area contributed by atoms with Crippen LogP contribution in [0.25, 0.3) is 0 Å². The fourth-order valence-electron chi connectivity index (χ4n) is 1.37. The van der Waals surface area contributed by atoms with E-state index in [2.05, 4.69) is 10.1 Å². The first-order chi connectivity index (χ1) is 8.56. The van der Waals surface area contributed by atoms with Gasteiger partial charge in [0.05, 0.1) is 5.56 Å². The van der Waals surface area contributed by atoms with Crippen LogP contribution in [0.4, 0.5) is 0 Å². The van der Waals surface area contributed by atoms with Crippen molar-refractivity contribution in [2.24, 2.45) is 0 Å². The van der Waals surface area contributed by atoms with Crippen LogP contribution >= 0.6 is 11.6 Å². The van der Waals surface area contributed by atoms with E-state index in [-0.39, 0.29) is 5.89 Å². The number of aryl methyl sites for hydroxylation is 1. The standard InChI is InChI=1S/C12H11ClN2O3/c1-7(11-14-8(2)15-18-11)17-12(16)9-4-3-5-10(13)6-9/h3-7H,1-2H3. The van der Waals surface area contributed by atoms with Gasteiger partial charge in [0, 0.05) is 5.02 Å². The van der Waals surface area contributed by atoms with Crippen molar-refractivity contribution < 1.29 is 14.1 Å². The molecular formula is C12H11ClN2O3. The van der Waals surface area contributed by atoms with Gasteiger partial charge in [-0.25, -0.2) is 4.79 Å². The van der Waals surface area contributed by atoms with Gasteiger partial charge in [0.1, 0.15) is 0 Å². The molecule has 2 aromatic rings. The second kappa shape index (κ2) is 5.18. The minimum Gasteiger partial charge on any atom is -0.449 e. The molecule has 6 heteroatoms. The van der Waals surface area contributed by atoms with Gasteiger partial charge in [-0.2, -0.15) is 4.98 Å². The molecule has 0 aliphatic rings. The van der Waals surface area contributed by atoms with Gasteiger partial charge in [-0.15, -0.1) is 0 Å². The smallest absolute Gasteiger partial charge is 0.338 e. The lowest BCUT2D eigenvalue weighted by Crippen LogP contribution is -2.09. The predicted octanol–water partition coefficient (Wildman–Crippen LogP) is 2.95. The third-order valence-electron chi connectivity index (χ3n) is 2.24. The van der Waals surface area contributed by atoms with Gasteiger partial charge in [0.25, 0.3) is 5.89 Å². The Kier molecular flexibility index (Phi) is 3.62. The summed E-state index contributed by atoms with van der Waals surface area (Å²) in [6.07, 6.45) is -0.599. The number of hydrogen-bond donors (Lipinski definition) is 0. The van der Waals surface area contributed by atoms with Crippen LogP contribution < -0.4 is 0 Å². The fourth-order valence-corrected chi connectivity index (χ4v) is 1.56. The molecule has 1 atom stereocenters. The third-order valence-corrected chi connectivity index (χ3v) is 2.47. The number of benzene rings is 1. The number of hydrogen-bond acceptors (Lipinski definition) is 5. The maximum Gasteiger partial charge on any atom is 0.338 e. The molecule has 1 aromatic heterocycles. The van der Waals surface area contributed by atoms with Gasteiger partial charge in [-0.3, -0.25) is 0 Å². The Morgan fingerprint density at radius 2 is 2.28 bits per heavy atom. The highest BCUT2D eigenvalue weighted by Gasteiger charge is 2.18. The molecular weight excluding hydrogens is 256 g/mol. The molecule has 0 N–H and O–H groups in total. The normalized spacial score (nSPS) is 12.2. The Bertz CT molecular complexity index is 568. The van der Waals surface area contributed by atoms with Gasteiger partial charge < -0.3 is 9.26 Å². The molecule has 18 heavy (non-hydrogen) atoms. The first-order valence-electron chi connectivity index (χ1n) is 5.33. The largest absolute Gasteiger partial charge is 0.449 e. The number of esters is 1. The summed E-state index contributed by atoms with van der Waals surface area (Å²) in [5.74, 6) is 0.277. The van der Waals surface area contributed by atoms with Crippen LogP contribution in [0, 0.1) is 6.92 Å². The summed E-state index contributed by atoms with van der Waals surface area (Å²) in [7, 11) is 0. The summed E-state index contributed by atoms with van der Waals surface area (Å²) in [5, 5.41) is 4.11. The average Bonchev–Trinajstić information content (AvgIpc) is 2.76. The van der Waals surface area contributed by atoms with Crippen molar-refractivity contribution in [1.82, 2.24) is 10.1 Å². The molecule has 0 radical (unpaired) electrons. The van der Waals surface area contributed by atoms with Crippen molar-refractivity contribution in [2.75, 3.05) is 0 Å². The molecule has 1 heterocycles. The molecule has 5 nitrogen and oxygen atoms in total. The van der Waals surface area contributed by atoms with Crippen molar-refractivity contribution in [3.05, 3.63) is 46.6 Å². The van der Waals surface area contributed by atoms with Crippen molar-refractivity contribution in [3.63, 3.8) is 0 Å². The predicted molar refractivity (Wildman–Crippen MR) is 64.3 cm³/mol. The molecule has 0 aliphatic heterocycles. The number of halogens is 1. The van der Waals surface area contributed by atoms with Gasteiger partial charge in [-0.1, -0.05) is 22.8 Å². The van der Waals surface area contributed by atoms with E-state index >= 15 is 0 Å². The Morgan fingerprint density at radius 1 is 1.50 bits per heavy atom. The van der Waals surface area contributed by atoms with E-state index in [0.717, 1.165) is 0 Å². The van der Waals surface area contributed by atoms with Crippen LogP contribution in [-0.2, 0) is 4.74 Å². The topological polar surface area (TPSA) is 65.2 Å². The van der Waals surface area contributed by atoms with E-state index in [1.54, 1.807) is 32.0 Å². The molecule has 94 valence electrons. The average molecular weight is 267 g/mol. The second-order valence-electron chi connectivity index (χ2n) is 3.74. The zero-order valence-corrected chi connectivity index (χ0v) is 10.6. The molecule has 1 unspecified atom stereocenters. The highest BCUT2D eigenvalue weighted by Crippen LogP contribution is 2.18. The van der Waals surface area contributed by atoms with Crippen molar-refractivity contribution >= 4 is 17.6 Å². The van der Waals surface area contributed by atoms with Crippen molar-refractivity contribution in [3.8, 4) is 0 Å². The van der Waals surface area contributed by atoms with E-state index in [9.17, 15) is 4.79 Å². The van der Waals surface area contributed by atoms with Gasteiger partial charge in [-0.05, 0) is 32.0 Å². The number of rotatable bonds is 3. The number of aromatic nitrogens is 2. The molecule has 0 saturated carbocycles. The Balaban J connectivity index is 2.08. The molecule has 0 fully saturated rings. The number of carbonyl (C=O) groups excluding carboxylic acids is 1. The quantitative estimate of drug-likeness (QED) is 0.799. The minimum absolute atomic E-state index is 0.267. The Hall–Kier alpha value is -1.88. The Morgan fingerprint density at radius 3 is 2.89 bits per heavy atom. The number of carbonyl (C=O) groups is 1. The first kappa shape index (κ1) is 12.6. The molecule has 0 saturated heterocycles. The third kappa shape index (κ3) is 2.87. The summed E-state index contributed by atoms with van der Waals surface area (Å²) in [4.78, 5) is 15.8. The Labute approximate surface area is 109 Å². The van der Waals surface area contributed by atoms with Gasteiger partial charge in [0.2, 0.25) is 0 Å². The lowest BCUT2D eigenvalue weighted by Gasteiger charge is -2.09. The van der Waals surface area contributed by atoms with Crippen LogP contribution in [0.15, 0.2) is 28.8 Å². The lowest BCUT2D eigenvalue weighted by atomic mass is 10.2. The van der Waals surface area contributed by atoms with Crippen molar-refractivity contribution in [2.45, 2.75) is 20.0 Å². The maximum absolute atomic E-state index is 11.8. The van der Waals surface area contributed by atoms with E-state index in [1.165, 1.54) is 6.07 Å². The van der Waals surface area contributed by atoms with Crippen LogP contribution in [0.1, 0.15) is 35.1 Å². The van der Waals surface area contributed by atoms with E-state index in [4.69, 9.17) is 20.9 Å². The van der Waals surface area contributed by atoms with Crippen molar-refractivity contribution in [1.29, 1.82) is 0 Å². The molecule has 0 aliphatic carbocycles. The zero-order valence-electron chi connectivity index (χ0n) is 9.88. The summed E-state index contributed by atoms with van der Waals surface area (Å²) in [6, 6.07) is 6.53. The summed E-state index contributed by atoms with van der Waals surface area (Å²) in [5.41, 5.74) is 0.380. The fraction of sp³-hybridized carbons (Fsp3) is 0.250. The molecule has 0 bridgehead atoms. The summed E-state index contributed by atoms with van der Waals surface area (Å²) < 4.78 is 10.1. The molecule has 0 spiro atoms. The van der Waals surface area contributed by atoms with E-state index < -0.39 is 12.1 Å². The van der Waals surface area contributed by atoms with Gasteiger partial charge >= 0.3 is 5.97 Å². The lowest BCUT2D eigenvalue weighted by molar-refractivity contribution is 0.0265. The van der Waals surface area contributed by atoms with Crippen LogP contribution in [0.2, 0.25) is 5.02 Å². The number of ether oxygens (including phenoxy) is 1. The monoisotopic (exact) mass is 266 g/mol. The maximum atomic E-state index is 11.8. The number of nitrogens with zero attached hydrogens (tertiary/aromatic N) is 2. The minimum atomic E-state index is -0.599. The first-order valence-corrected chi connectivity index (χ1v) is 5.71. The SMILES string of the molecule is Cc1noc(C(C)OC(=O)c2cccc(Cl)c2)n1. The summed E-state index contributed by atoms with van der Waals surface area (Å²) >= 11 is 5.80. The highest BCUT2D eigenvalue weighted by atomic mass is 35.5. The van der Waals surface area contributed by atoms with Gasteiger partial charge in [0.15, 0.2) is 11.9 Å². The summed E-state index contributed by atoms with van der Waals surface area (Å²) in [6.45, 7) is 3.36. The molecule has 0 amide bonds.